The van der Waals surface area contributed by atoms with Crippen LogP contribution in [0.15, 0.2) is 24.3 Å². The molecule has 0 bridgehead atoms. The fraction of sp³-hybridized carbons (Fsp3) is 0.588. The summed E-state index contributed by atoms with van der Waals surface area (Å²) in [5, 5.41) is 0. The minimum Gasteiger partial charge on any atom is -0.342 e. The van der Waals surface area contributed by atoms with Crippen molar-refractivity contribution in [2.24, 2.45) is 5.73 Å². The number of carbonyl (C=O) groups excluding carboxylic acids is 1. The monoisotopic (exact) mass is 272 g/mol. The summed E-state index contributed by atoms with van der Waals surface area (Å²) in [5.41, 5.74) is 8.42. The molecule has 1 atom stereocenters. The lowest BCUT2D eigenvalue weighted by atomic mass is 9.95. The van der Waals surface area contributed by atoms with Crippen molar-refractivity contribution in [2.75, 3.05) is 13.1 Å². The zero-order valence-corrected chi connectivity index (χ0v) is 12.3. The Balaban J connectivity index is 1.69. The highest BCUT2D eigenvalue weighted by Gasteiger charge is 2.39. The first kappa shape index (κ1) is 13.6. The number of hydrogen-bond donors (Lipinski definition) is 1. The number of piperidine rings is 1. The summed E-state index contributed by atoms with van der Waals surface area (Å²) >= 11 is 0. The molecule has 3 nitrogen and oxygen atoms in total. The van der Waals surface area contributed by atoms with Crippen molar-refractivity contribution in [3.05, 3.63) is 35.4 Å². The Kier molecular flexibility index (Phi) is 3.55. The van der Waals surface area contributed by atoms with Crippen molar-refractivity contribution in [2.45, 2.75) is 50.5 Å². The lowest BCUT2D eigenvalue weighted by Gasteiger charge is -2.29. The molecular formula is C17H24N2O. The summed E-state index contributed by atoms with van der Waals surface area (Å²) < 4.78 is 0. The van der Waals surface area contributed by atoms with Crippen molar-refractivity contribution < 1.29 is 4.79 Å². The Labute approximate surface area is 121 Å². The van der Waals surface area contributed by atoms with E-state index < -0.39 is 0 Å². The second-order valence-electron chi connectivity index (χ2n) is 6.39. The Morgan fingerprint density at radius 2 is 1.75 bits per heavy atom. The number of nitrogens with zero attached hydrogens (tertiary/aromatic N) is 1. The van der Waals surface area contributed by atoms with Gasteiger partial charge >= 0.3 is 0 Å². The molecule has 1 saturated carbocycles. The van der Waals surface area contributed by atoms with Gasteiger partial charge in [0.1, 0.15) is 0 Å². The van der Waals surface area contributed by atoms with E-state index in [2.05, 4.69) is 24.3 Å². The molecule has 0 radical (unpaired) electrons. The molecule has 0 spiro atoms. The summed E-state index contributed by atoms with van der Waals surface area (Å²) in [6.45, 7) is 3.86. The van der Waals surface area contributed by atoms with E-state index in [1.54, 1.807) is 0 Å². The van der Waals surface area contributed by atoms with Gasteiger partial charge in [0.05, 0.1) is 5.92 Å². The molecular weight excluding hydrogens is 248 g/mol. The summed E-state index contributed by atoms with van der Waals surface area (Å²) in [5.74, 6) is 0.224. The predicted molar refractivity (Wildman–Crippen MR) is 80.4 cm³/mol. The van der Waals surface area contributed by atoms with E-state index in [1.165, 1.54) is 12.0 Å². The molecule has 3 heteroatoms. The van der Waals surface area contributed by atoms with Crippen LogP contribution in [-0.4, -0.2) is 23.9 Å². The van der Waals surface area contributed by atoms with Gasteiger partial charge in [0.2, 0.25) is 5.91 Å². The average molecular weight is 272 g/mol. The number of nitrogens with two attached hydrogens (primary N) is 1. The van der Waals surface area contributed by atoms with Crippen LogP contribution < -0.4 is 5.73 Å². The van der Waals surface area contributed by atoms with E-state index in [0.717, 1.165) is 44.3 Å². The van der Waals surface area contributed by atoms with Gasteiger partial charge in [-0.1, -0.05) is 24.3 Å². The number of benzene rings is 1. The quantitative estimate of drug-likeness (QED) is 0.919. The van der Waals surface area contributed by atoms with E-state index in [1.807, 2.05) is 11.8 Å². The third kappa shape index (κ3) is 2.59. The first-order chi connectivity index (χ1) is 9.60. The number of hydrogen-bond acceptors (Lipinski definition) is 2. The Hall–Kier alpha value is -1.35. The summed E-state index contributed by atoms with van der Waals surface area (Å²) in [6, 6.07) is 8.36. The zero-order chi connectivity index (χ0) is 14.2. The maximum Gasteiger partial charge on any atom is 0.229 e. The van der Waals surface area contributed by atoms with Gasteiger partial charge < -0.3 is 10.6 Å². The van der Waals surface area contributed by atoms with E-state index >= 15 is 0 Å². The topological polar surface area (TPSA) is 46.3 Å². The number of amides is 1. The smallest absolute Gasteiger partial charge is 0.229 e. The van der Waals surface area contributed by atoms with Crippen molar-refractivity contribution in [3.63, 3.8) is 0 Å². The first-order valence-corrected chi connectivity index (χ1v) is 7.78. The zero-order valence-electron chi connectivity index (χ0n) is 12.3. The molecule has 1 amide bonds. The van der Waals surface area contributed by atoms with Crippen LogP contribution >= 0.6 is 0 Å². The molecule has 2 aliphatic rings. The molecule has 1 aliphatic carbocycles. The van der Waals surface area contributed by atoms with Crippen molar-refractivity contribution in [1.29, 1.82) is 0 Å². The van der Waals surface area contributed by atoms with Crippen LogP contribution in [0, 0.1) is 0 Å². The maximum atomic E-state index is 12.5. The van der Waals surface area contributed by atoms with E-state index in [0.29, 0.717) is 0 Å². The number of carbonyl (C=O) groups is 1. The van der Waals surface area contributed by atoms with Gasteiger partial charge in [-0.2, -0.15) is 0 Å². The maximum absolute atomic E-state index is 12.5. The van der Waals surface area contributed by atoms with Crippen molar-refractivity contribution in [1.82, 2.24) is 4.90 Å². The van der Waals surface area contributed by atoms with Crippen LogP contribution in [0.3, 0.4) is 0 Å². The van der Waals surface area contributed by atoms with Gasteiger partial charge in [-0.15, -0.1) is 0 Å². The van der Waals surface area contributed by atoms with Gasteiger partial charge in [-0.05, 0) is 50.2 Å². The molecule has 1 aromatic carbocycles. The Bertz CT molecular complexity index is 484. The highest BCUT2D eigenvalue weighted by molar-refractivity contribution is 5.83. The fourth-order valence-electron chi connectivity index (χ4n) is 3.06. The van der Waals surface area contributed by atoms with Crippen LogP contribution in [0.4, 0.5) is 0 Å². The van der Waals surface area contributed by atoms with Crippen LogP contribution in [0.5, 0.6) is 0 Å². The van der Waals surface area contributed by atoms with Crippen molar-refractivity contribution in [3.8, 4) is 0 Å². The molecule has 1 unspecified atom stereocenters. The Morgan fingerprint density at radius 3 is 2.30 bits per heavy atom. The highest BCUT2D eigenvalue weighted by Crippen LogP contribution is 2.42. The molecule has 1 saturated heterocycles. The fourth-order valence-corrected chi connectivity index (χ4v) is 3.06. The van der Waals surface area contributed by atoms with Crippen LogP contribution in [0.2, 0.25) is 0 Å². The largest absolute Gasteiger partial charge is 0.342 e. The highest BCUT2D eigenvalue weighted by atomic mass is 16.2. The summed E-state index contributed by atoms with van der Waals surface area (Å²) in [7, 11) is 0. The molecule has 2 fully saturated rings. The third-order valence-corrected chi connectivity index (χ3v) is 4.81. The van der Waals surface area contributed by atoms with Gasteiger partial charge in [-0.3, -0.25) is 4.79 Å². The summed E-state index contributed by atoms with van der Waals surface area (Å²) in [4.78, 5) is 14.5. The molecule has 3 rings (SSSR count). The minimum absolute atomic E-state index is 0.0462. The molecule has 0 aromatic heterocycles. The molecule has 1 heterocycles. The van der Waals surface area contributed by atoms with Gasteiger partial charge in [0, 0.05) is 18.6 Å². The third-order valence-electron chi connectivity index (χ3n) is 4.81. The van der Waals surface area contributed by atoms with E-state index in [-0.39, 0.29) is 17.4 Å². The van der Waals surface area contributed by atoms with Gasteiger partial charge in [-0.25, -0.2) is 0 Å². The van der Waals surface area contributed by atoms with Gasteiger partial charge in [0.25, 0.3) is 0 Å². The lowest BCUT2D eigenvalue weighted by Crippen LogP contribution is -2.38. The normalized spacial score (nSPS) is 22.4. The molecule has 20 heavy (non-hydrogen) atoms. The number of likely N-dealkylation sites (tertiary alicyclic amines) is 1. The second-order valence-corrected chi connectivity index (χ2v) is 6.39. The molecule has 1 aliphatic heterocycles. The SMILES string of the molecule is CC(C(=O)N1CCCCC1)c1ccc(C2(N)CC2)cc1. The minimum atomic E-state index is -0.0847. The van der Waals surface area contributed by atoms with Crippen LogP contribution in [-0.2, 0) is 10.3 Å². The lowest BCUT2D eigenvalue weighted by molar-refractivity contribution is -0.133. The Morgan fingerprint density at radius 1 is 1.15 bits per heavy atom. The molecule has 2 N–H and O–H groups in total. The molecule has 108 valence electrons. The van der Waals surface area contributed by atoms with Crippen LogP contribution in [0.25, 0.3) is 0 Å². The van der Waals surface area contributed by atoms with Crippen molar-refractivity contribution >= 4 is 5.91 Å². The molecule has 1 aromatic rings. The first-order valence-electron chi connectivity index (χ1n) is 7.78. The van der Waals surface area contributed by atoms with Gasteiger partial charge in [0.15, 0.2) is 0 Å². The average Bonchev–Trinajstić information content (AvgIpc) is 3.26. The number of rotatable bonds is 3. The standard InChI is InChI=1S/C17H24N2O/c1-13(16(20)19-11-3-2-4-12-19)14-5-7-15(8-6-14)17(18)9-10-17/h5-8,13H,2-4,9-12,18H2,1H3. The second kappa shape index (κ2) is 5.21. The van der Waals surface area contributed by atoms with Crippen LogP contribution in [0.1, 0.15) is 56.1 Å². The predicted octanol–water partition coefficient (Wildman–Crippen LogP) is 2.75. The van der Waals surface area contributed by atoms with E-state index in [9.17, 15) is 4.79 Å². The van der Waals surface area contributed by atoms with E-state index in [4.69, 9.17) is 5.73 Å². The summed E-state index contributed by atoms with van der Waals surface area (Å²) in [6.07, 6.45) is 5.70.